The number of carbonyl (C=O) groups excluding carboxylic acids is 1. The summed E-state index contributed by atoms with van der Waals surface area (Å²) in [6.07, 6.45) is 0. The first-order chi connectivity index (χ1) is 13.1. The van der Waals surface area contributed by atoms with Crippen LogP contribution >= 0.6 is 22.9 Å². The highest BCUT2D eigenvalue weighted by atomic mass is 32.1. The Hall–Kier alpha value is -3.04. The van der Waals surface area contributed by atoms with Crippen molar-refractivity contribution >= 4 is 33.9 Å². The van der Waals surface area contributed by atoms with Crippen LogP contribution in [0.1, 0.15) is 15.4 Å². The molecule has 3 heterocycles. The summed E-state index contributed by atoms with van der Waals surface area (Å²) in [6.45, 7) is 2.02. The fourth-order valence-electron chi connectivity index (χ4n) is 2.36. The normalized spacial score (nSPS) is 10.7. The van der Waals surface area contributed by atoms with E-state index in [9.17, 15) is 4.79 Å². The topological polar surface area (TPSA) is 90.1 Å². The molecule has 0 unspecified atom stereocenters. The third-order valence-corrected chi connectivity index (χ3v) is 5.35. The van der Waals surface area contributed by atoms with Crippen molar-refractivity contribution in [1.82, 2.24) is 14.5 Å². The van der Waals surface area contributed by atoms with Crippen LogP contribution in [0.3, 0.4) is 0 Å². The van der Waals surface area contributed by atoms with Crippen LogP contribution in [-0.4, -0.2) is 27.5 Å². The standard InChI is InChI=1S/C18H14N4O3S2/c1-10-3-8-15(26-10)16-19-18(27-22-16)20-17(23)13-9-14(25-21-13)11-4-6-12(24-2)7-5-11/h3-9H,1-2H3,(H,19,20,22,23). The third kappa shape index (κ3) is 3.74. The van der Waals surface area contributed by atoms with E-state index in [4.69, 9.17) is 9.26 Å². The van der Waals surface area contributed by atoms with Crippen LogP contribution in [0.15, 0.2) is 47.0 Å². The van der Waals surface area contributed by atoms with E-state index in [1.54, 1.807) is 24.5 Å². The molecule has 0 aliphatic rings. The van der Waals surface area contributed by atoms with Gasteiger partial charge in [0, 0.05) is 28.0 Å². The molecule has 0 bridgehead atoms. The number of benzene rings is 1. The number of amides is 1. The molecule has 0 spiro atoms. The number of methoxy groups -OCH3 is 1. The number of hydrogen-bond acceptors (Lipinski definition) is 8. The van der Waals surface area contributed by atoms with Crippen molar-refractivity contribution < 1.29 is 14.1 Å². The highest BCUT2D eigenvalue weighted by molar-refractivity contribution is 7.15. The Kier molecular flexibility index (Phi) is 4.69. The number of aromatic nitrogens is 3. The molecule has 0 radical (unpaired) electrons. The van der Waals surface area contributed by atoms with Crippen LogP contribution in [0.2, 0.25) is 0 Å². The van der Waals surface area contributed by atoms with E-state index in [0.29, 0.717) is 16.7 Å². The summed E-state index contributed by atoms with van der Waals surface area (Å²) in [7, 11) is 1.60. The van der Waals surface area contributed by atoms with E-state index in [-0.39, 0.29) is 5.69 Å². The molecule has 9 heteroatoms. The van der Waals surface area contributed by atoms with Crippen LogP contribution < -0.4 is 10.1 Å². The van der Waals surface area contributed by atoms with Gasteiger partial charge >= 0.3 is 0 Å². The fraction of sp³-hybridized carbons (Fsp3) is 0.111. The van der Waals surface area contributed by atoms with Crippen LogP contribution in [0.25, 0.3) is 22.0 Å². The highest BCUT2D eigenvalue weighted by Gasteiger charge is 2.16. The van der Waals surface area contributed by atoms with Crippen LogP contribution in [-0.2, 0) is 0 Å². The number of anilines is 1. The lowest BCUT2D eigenvalue weighted by molar-refractivity contribution is 0.101. The highest BCUT2D eigenvalue weighted by Crippen LogP contribution is 2.28. The van der Waals surface area contributed by atoms with Crippen LogP contribution in [0.4, 0.5) is 5.13 Å². The summed E-state index contributed by atoms with van der Waals surface area (Å²) in [6, 6.07) is 12.9. The molecule has 27 heavy (non-hydrogen) atoms. The SMILES string of the molecule is COc1ccc(-c2cc(C(=O)Nc3nc(-c4ccc(C)s4)ns3)no2)cc1. The smallest absolute Gasteiger partial charge is 0.279 e. The molecule has 0 fully saturated rings. The maximum atomic E-state index is 12.4. The van der Waals surface area contributed by atoms with E-state index >= 15 is 0 Å². The number of ether oxygens (including phenoxy) is 1. The Morgan fingerprint density at radius 3 is 2.70 bits per heavy atom. The van der Waals surface area contributed by atoms with Gasteiger partial charge in [-0.3, -0.25) is 10.1 Å². The lowest BCUT2D eigenvalue weighted by Gasteiger charge is -1.99. The Morgan fingerprint density at radius 2 is 2.00 bits per heavy atom. The molecule has 1 amide bonds. The summed E-state index contributed by atoms with van der Waals surface area (Å²) < 4.78 is 14.7. The number of nitrogens with zero attached hydrogens (tertiary/aromatic N) is 3. The van der Waals surface area contributed by atoms with Gasteiger partial charge in [-0.25, -0.2) is 0 Å². The minimum absolute atomic E-state index is 0.171. The maximum Gasteiger partial charge on any atom is 0.279 e. The van der Waals surface area contributed by atoms with Crippen molar-refractivity contribution in [3.8, 4) is 27.8 Å². The summed E-state index contributed by atoms with van der Waals surface area (Å²) in [5, 5.41) is 6.96. The van der Waals surface area contributed by atoms with Gasteiger partial charge in [-0.05, 0) is 43.3 Å². The first-order valence-electron chi connectivity index (χ1n) is 7.95. The molecule has 4 aromatic rings. The first kappa shape index (κ1) is 17.4. The van der Waals surface area contributed by atoms with Crippen molar-refractivity contribution in [3.05, 3.63) is 53.0 Å². The van der Waals surface area contributed by atoms with Gasteiger partial charge in [0.2, 0.25) is 5.13 Å². The second-order valence-electron chi connectivity index (χ2n) is 5.59. The number of aryl methyl sites for hydroxylation is 1. The van der Waals surface area contributed by atoms with E-state index in [1.807, 2.05) is 43.3 Å². The Balaban J connectivity index is 1.47. The second kappa shape index (κ2) is 7.29. The minimum Gasteiger partial charge on any atom is -0.497 e. The van der Waals surface area contributed by atoms with Crippen LogP contribution in [0, 0.1) is 6.92 Å². The lowest BCUT2D eigenvalue weighted by atomic mass is 10.1. The predicted molar refractivity (Wildman–Crippen MR) is 104 cm³/mol. The van der Waals surface area contributed by atoms with Gasteiger partial charge in [-0.15, -0.1) is 11.3 Å². The molecule has 0 saturated heterocycles. The zero-order chi connectivity index (χ0) is 18.8. The Morgan fingerprint density at radius 1 is 1.19 bits per heavy atom. The number of hydrogen-bond donors (Lipinski definition) is 1. The molecule has 4 rings (SSSR count). The molecule has 136 valence electrons. The van der Waals surface area contributed by atoms with E-state index in [2.05, 4.69) is 19.8 Å². The third-order valence-electron chi connectivity index (χ3n) is 3.72. The zero-order valence-electron chi connectivity index (χ0n) is 14.4. The summed E-state index contributed by atoms with van der Waals surface area (Å²) >= 11 is 2.73. The quantitative estimate of drug-likeness (QED) is 0.533. The van der Waals surface area contributed by atoms with Crippen molar-refractivity contribution in [1.29, 1.82) is 0 Å². The van der Waals surface area contributed by atoms with Gasteiger partial charge in [0.15, 0.2) is 17.3 Å². The largest absolute Gasteiger partial charge is 0.497 e. The average Bonchev–Trinajstić information content (AvgIpc) is 3.42. The summed E-state index contributed by atoms with van der Waals surface area (Å²) in [5.74, 6) is 1.44. The molecule has 1 aromatic carbocycles. The molecule has 0 aliphatic heterocycles. The summed E-state index contributed by atoms with van der Waals surface area (Å²) in [4.78, 5) is 18.9. The van der Waals surface area contributed by atoms with Crippen LogP contribution in [0.5, 0.6) is 5.75 Å². The number of thiophene rings is 1. The van der Waals surface area contributed by atoms with Gasteiger partial charge in [0.1, 0.15) is 5.75 Å². The van der Waals surface area contributed by atoms with E-state index in [0.717, 1.165) is 27.7 Å². The van der Waals surface area contributed by atoms with Crippen molar-refractivity contribution in [2.24, 2.45) is 0 Å². The van der Waals surface area contributed by atoms with Gasteiger partial charge in [-0.1, -0.05) is 5.16 Å². The number of carbonyl (C=O) groups is 1. The number of rotatable bonds is 5. The molecular formula is C18H14N4O3S2. The van der Waals surface area contributed by atoms with Crippen molar-refractivity contribution in [2.75, 3.05) is 12.4 Å². The fourth-order valence-corrected chi connectivity index (χ4v) is 3.80. The minimum atomic E-state index is -0.399. The molecule has 3 aromatic heterocycles. The maximum absolute atomic E-state index is 12.4. The zero-order valence-corrected chi connectivity index (χ0v) is 16.1. The molecule has 0 aliphatic carbocycles. The van der Waals surface area contributed by atoms with Crippen molar-refractivity contribution in [3.63, 3.8) is 0 Å². The van der Waals surface area contributed by atoms with Gasteiger partial charge < -0.3 is 9.26 Å². The average molecular weight is 398 g/mol. The molecule has 7 nitrogen and oxygen atoms in total. The predicted octanol–water partition coefficient (Wildman–Crippen LogP) is 4.49. The molecule has 1 N–H and O–H groups in total. The van der Waals surface area contributed by atoms with Gasteiger partial charge in [-0.2, -0.15) is 9.36 Å². The van der Waals surface area contributed by atoms with E-state index < -0.39 is 5.91 Å². The van der Waals surface area contributed by atoms with E-state index in [1.165, 1.54) is 4.88 Å². The lowest BCUT2D eigenvalue weighted by Crippen LogP contribution is -2.11. The Labute approximate surface area is 162 Å². The van der Waals surface area contributed by atoms with Gasteiger partial charge in [0.25, 0.3) is 5.91 Å². The van der Waals surface area contributed by atoms with Gasteiger partial charge in [0.05, 0.1) is 12.0 Å². The monoisotopic (exact) mass is 398 g/mol. The Bertz CT molecular complexity index is 1080. The first-order valence-corrected chi connectivity index (χ1v) is 9.54. The summed E-state index contributed by atoms with van der Waals surface area (Å²) in [5.41, 5.74) is 0.971. The molecule has 0 atom stereocenters. The number of nitrogens with one attached hydrogen (secondary N) is 1. The van der Waals surface area contributed by atoms with Crippen molar-refractivity contribution in [2.45, 2.75) is 6.92 Å². The molecule has 0 saturated carbocycles. The molecular weight excluding hydrogens is 384 g/mol. The second-order valence-corrected chi connectivity index (χ2v) is 7.63.